The molecular weight excluding hydrogens is 110 g/mol. The van der Waals surface area contributed by atoms with E-state index in [2.05, 4.69) is 18.2 Å². The van der Waals surface area contributed by atoms with Crippen molar-refractivity contribution >= 4 is 0 Å². The molecule has 0 N–H and O–H groups in total. The molecule has 0 saturated heterocycles. The molecule has 1 atom stereocenters. The summed E-state index contributed by atoms with van der Waals surface area (Å²) in [6.07, 6.45) is 7.29. The number of hydrogen-bond acceptors (Lipinski definition) is 1. The largest absolute Gasteiger partial charge is 0.198 e. The van der Waals surface area contributed by atoms with Crippen LogP contribution in [0.25, 0.3) is 0 Å². The minimum absolute atomic E-state index is 0.0608. The zero-order valence-electron chi connectivity index (χ0n) is 5.72. The van der Waals surface area contributed by atoms with Crippen molar-refractivity contribution in [1.82, 2.24) is 0 Å². The lowest BCUT2D eigenvalue weighted by Crippen LogP contribution is -2.14. The Balaban J connectivity index is 2.63. The maximum absolute atomic E-state index is 8.67. The van der Waals surface area contributed by atoms with Gasteiger partial charge in [-0.3, -0.25) is 0 Å². The second-order valence-electron chi connectivity index (χ2n) is 2.89. The van der Waals surface area contributed by atoms with Crippen LogP contribution in [0.15, 0.2) is 12.2 Å². The summed E-state index contributed by atoms with van der Waals surface area (Å²) >= 11 is 0. The third-order valence-electron chi connectivity index (χ3n) is 1.87. The minimum atomic E-state index is -0.0608. The second kappa shape index (κ2) is 2.23. The fourth-order valence-corrected chi connectivity index (χ4v) is 1.07. The van der Waals surface area contributed by atoms with Gasteiger partial charge in [0.1, 0.15) is 0 Å². The summed E-state index contributed by atoms with van der Waals surface area (Å²) in [6.45, 7) is 2.02. The lowest BCUT2D eigenvalue weighted by molar-refractivity contribution is 0.400. The molecule has 0 aromatic heterocycles. The third kappa shape index (κ3) is 1.32. The number of nitriles is 1. The highest BCUT2D eigenvalue weighted by Gasteiger charge is 2.22. The zero-order chi connectivity index (χ0) is 6.74. The molecule has 1 aliphatic carbocycles. The summed E-state index contributed by atoms with van der Waals surface area (Å²) in [6, 6.07) is 2.33. The minimum Gasteiger partial charge on any atom is -0.198 e. The molecule has 1 nitrogen and oxygen atoms in total. The molecule has 0 spiro atoms. The molecule has 48 valence electrons. The Hall–Kier alpha value is -0.770. The van der Waals surface area contributed by atoms with Crippen molar-refractivity contribution in [3.8, 4) is 6.07 Å². The van der Waals surface area contributed by atoms with Gasteiger partial charge in [-0.05, 0) is 26.2 Å². The van der Waals surface area contributed by atoms with Gasteiger partial charge in [0.2, 0.25) is 0 Å². The van der Waals surface area contributed by atoms with E-state index in [0.29, 0.717) is 0 Å². The van der Waals surface area contributed by atoms with E-state index in [1.807, 2.05) is 6.92 Å². The van der Waals surface area contributed by atoms with Crippen LogP contribution in [0.1, 0.15) is 26.2 Å². The highest BCUT2D eigenvalue weighted by molar-refractivity contribution is 5.05. The zero-order valence-corrected chi connectivity index (χ0v) is 5.72. The first-order chi connectivity index (χ1) is 4.27. The standard InChI is InChI=1S/C8H11N/c1-8(7-9)5-3-2-4-6-8/h2-3H,4-6H2,1H3/t8-/m0/s1. The van der Waals surface area contributed by atoms with Crippen molar-refractivity contribution in [1.29, 1.82) is 5.26 Å². The first-order valence-electron chi connectivity index (χ1n) is 3.33. The predicted octanol–water partition coefficient (Wildman–Crippen LogP) is 2.26. The van der Waals surface area contributed by atoms with E-state index >= 15 is 0 Å². The Morgan fingerprint density at radius 1 is 1.56 bits per heavy atom. The summed E-state index contributed by atoms with van der Waals surface area (Å²) in [5, 5.41) is 8.67. The van der Waals surface area contributed by atoms with Gasteiger partial charge in [-0.25, -0.2) is 0 Å². The fourth-order valence-electron chi connectivity index (χ4n) is 1.07. The van der Waals surface area contributed by atoms with Gasteiger partial charge in [0.15, 0.2) is 0 Å². The van der Waals surface area contributed by atoms with Crippen LogP contribution in [0.3, 0.4) is 0 Å². The topological polar surface area (TPSA) is 23.8 Å². The number of nitrogens with zero attached hydrogens (tertiary/aromatic N) is 1. The first-order valence-corrected chi connectivity index (χ1v) is 3.33. The van der Waals surface area contributed by atoms with Gasteiger partial charge in [0.05, 0.1) is 11.5 Å². The van der Waals surface area contributed by atoms with Crippen LogP contribution in [-0.4, -0.2) is 0 Å². The van der Waals surface area contributed by atoms with Gasteiger partial charge in [-0.1, -0.05) is 12.2 Å². The Morgan fingerprint density at radius 3 is 2.67 bits per heavy atom. The summed E-state index contributed by atoms with van der Waals surface area (Å²) < 4.78 is 0. The molecular formula is C8H11N. The molecule has 0 saturated carbocycles. The van der Waals surface area contributed by atoms with E-state index < -0.39 is 0 Å². The molecule has 0 radical (unpaired) electrons. The highest BCUT2D eigenvalue weighted by Crippen LogP contribution is 2.30. The van der Waals surface area contributed by atoms with Crippen LogP contribution in [0.2, 0.25) is 0 Å². The van der Waals surface area contributed by atoms with E-state index in [4.69, 9.17) is 5.26 Å². The van der Waals surface area contributed by atoms with Gasteiger partial charge in [-0.2, -0.15) is 5.26 Å². The molecule has 1 rings (SSSR count). The molecule has 0 bridgehead atoms. The molecule has 0 aliphatic heterocycles. The van der Waals surface area contributed by atoms with Crippen LogP contribution >= 0.6 is 0 Å². The third-order valence-corrected chi connectivity index (χ3v) is 1.87. The molecule has 1 heteroatoms. The fraction of sp³-hybridized carbons (Fsp3) is 0.625. The molecule has 1 aliphatic rings. The molecule has 0 amide bonds. The maximum Gasteiger partial charge on any atom is 0.0690 e. The van der Waals surface area contributed by atoms with Crippen molar-refractivity contribution in [2.45, 2.75) is 26.2 Å². The van der Waals surface area contributed by atoms with Crippen LogP contribution < -0.4 is 0 Å². The monoisotopic (exact) mass is 121 g/mol. The normalized spacial score (nSPS) is 33.8. The number of rotatable bonds is 0. The Bertz CT molecular complexity index is 164. The van der Waals surface area contributed by atoms with E-state index in [9.17, 15) is 0 Å². The molecule has 9 heavy (non-hydrogen) atoms. The lowest BCUT2D eigenvalue weighted by Gasteiger charge is -2.21. The predicted molar refractivity (Wildman–Crippen MR) is 36.7 cm³/mol. The molecule has 0 fully saturated rings. The Kier molecular flexibility index (Phi) is 1.57. The highest BCUT2D eigenvalue weighted by atomic mass is 14.3. The molecule has 0 aromatic rings. The SMILES string of the molecule is C[C@]1(C#N)CC=CCC1. The smallest absolute Gasteiger partial charge is 0.0690 e. The van der Waals surface area contributed by atoms with Gasteiger partial charge in [0.25, 0.3) is 0 Å². The van der Waals surface area contributed by atoms with Crippen molar-refractivity contribution in [2.75, 3.05) is 0 Å². The van der Waals surface area contributed by atoms with E-state index in [1.165, 1.54) is 0 Å². The molecule has 0 aromatic carbocycles. The maximum atomic E-state index is 8.67. The van der Waals surface area contributed by atoms with Gasteiger partial charge < -0.3 is 0 Å². The number of hydrogen-bond donors (Lipinski definition) is 0. The first kappa shape index (κ1) is 6.35. The summed E-state index contributed by atoms with van der Waals surface area (Å²) in [5.41, 5.74) is -0.0608. The van der Waals surface area contributed by atoms with Crippen molar-refractivity contribution < 1.29 is 0 Å². The summed E-state index contributed by atoms with van der Waals surface area (Å²) in [4.78, 5) is 0. The van der Waals surface area contributed by atoms with E-state index in [0.717, 1.165) is 19.3 Å². The molecule has 0 unspecified atom stereocenters. The van der Waals surface area contributed by atoms with Crippen LogP contribution in [0.4, 0.5) is 0 Å². The summed E-state index contributed by atoms with van der Waals surface area (Å²) in [5.74, 6) is 0. The van der Waals surface area contributed by atoms with E-state index in [-0.39, 0.29) is 5.41 Å². The molecule has 0 heterocycles. The van der Waals surface area contributed by atoms with E-state index in [1.54, 1.807) is 0 Å². The van der Waals surface area contributed by atoms with Gasteiger partial charge >= 0.3 is 0 Å². The number of allylic oxidation sites excluding steroid dienone is 2. The average molecular weight is 121 g/mol. The van der Waals surface area contributed by atoms with Gasteiger partial charge in [0, 0.05) is 0 Å². The quantitative estimate of drug-likeness (QED) is 0.451. The lowest BCUT2D eigenvalue weighted by atomic mass is 9.81. The van der Waals surface area contributed by atoms with Crippen molar-refractivity contribution in [2.24, 2.45) is 5.41 Å². The van der Waals surface area contributed by atoms with Crippen molar-refractivity contribution in [3.05, 3.63) is 12.2 Å². The van der Waals surface area contributed by atoms with Crippen LogP contribution in [0.5, 0.6) is 0 Å². The van der Waals surface area contributed by atoms with Crippen LogP contribution in [0, 0.1) is 16.7 Å². The average Bonchev–Trinajstić information content (AvgIpc) is 1.90. The Labute approximate surface area is 56.0 Å². The van der Waals surface area contributed by atoms with Crippen molar-refractivity contribution in [3.63, 3.8) is 0 Å². The van der Waals surface area contributed by atoms with Crippen LogP contribution in [-0.2, 0) is 0 Å². The summed E-state index contributed by atoms with van der Waals surface area (Å²) in [7, 11) is 0. The second-order valence-corrected chi connectivity index (χ2v) is 2.89. The van der Waals surface area contributed by atoms with Gasteiger partial charge in [-0.15, -0.1) is 0 Å². The Morgan fingerprint density at radius 2 is 2.33 bits per heavy atom.